The van der Waals surface area contributed by atoms with Crippen molar-refractivity contribution in [1.29, 1.82) is 5.26 Å². The number of nitrogens with zero attached hydrogens (tertiary/aromatic N) is 1. The Hall–Kier alpha value is -1.60. The minimum Gasteiger partial charge on any atom is -0.465 e. The van der Waals surface area contributed by atoms with Crippen LogP contribution < -0.4 is 0 Å². The Morgan fingerprint density at radius 2 is 2.14 bits per heavy atom. The predicted molar refractivity (Wildman–Crippen MR) is 91.6 cm³/mol. The summed E-state index contributed by atoms with van der Waals surface area (Å²) in [6.07, 6.45) is 6.43. The Labute approximate surface area is 141 Å². The van der Waals surface area contributed by atoms with Gasteiger partial charge in [-0.15, -0.1) is 0 Å². The third-order valence-corrected chi connectivity index (χ3v) is 3.85. The zero-order chi connectivity index (χ0) is 16.3. The molecule has 1 atom stereocenters. The molecule has 0 bridgehead atoms. The number of halogens is 1. The molecule has 0 aromatic heterocycles. The molecule has 0 N–H and O–H groups in total. The number of carbonyl (C=O) groups excluding carboxylic acids is 1. The van der Waals surface area contributed by atoms with Crippen LogP contribution in [0.5, 0.6) is 0 Å². The summed E-state index contributed by atoms with van der Waals surface area (Å²) in [5, 5.41) is 10.4. The van der Waals surface area contributed by atoms with Gasteiger partial charge in [-0.1, -0.05) is 58.4 Å². The lowest BCUT2D eigenvalue weighted by atomic mass is 9.83. The number of hydrogen-bond acceptors (Lipinski definition) is 3. The maximum Gasteiger partial charge on any atom is 0.330 e. The summed E-state index contributed by atoms with van der Waals surface area (Å²) < 4.78 is 5.11. The maximum absolute atomic E-state index is 12.2. The topological polar surface area (TPSA) is 50.1 Å². The molecule has 0 spiro atoms. The van der Waals surface area contributed by atoms with Crippen molar-refractivity contribution in [1.82, 2.24) is 0 Å². The van der Waals surface area contributed by atoms with Gasteiger partial charge in [0.25, 0.3) is 0 Å². The molecule has 0 aliphatic carbocycles. The quantitative estimate of drug-likeness (QED) is 0.370. The monoisotopic (exact) mass is 363 g/mol. The number of nitriles is 1. The first-order valence-electron chi connectivity index (χ1n) is 7.54. The summed E-state index contributed by atoms with van der Waals surface area (Å²) in [5.41, 5.74) is 0.0371. The molecule has 4 heteroatoms. The molecule has 118 valence electrons. The number of rotatable bonds is 9. The van der Waals surface area contributed by atoms with Crippen molar-refractivity contribution in [2.45, 2.75) is 32.6 Å². The molecule has 0 aliphatic rings. The molecule has 0 fully saturated rings. The van der Waals surface area contributed by atoms with E-state index in [1.165, 1.54) is 5.56 Å². The standard InChI is InChI=1S/C18H22BrNO2/c1-2-22-17(21)18(15-20,12-6-7-14-19)13-8-11-16-9-4-3-5-10-16/h3-6,9-10,12H,2,7-8,11,13-14H2,1H3/b12-6+/t18-/m1/s1. The molecule has 0 amide bonds. The minimum absolute atomic E-state index is 0.285. The summed E-state index contributed by atoms with van der Waals surface area (Å²) in [7, 11) is 0. The van der Waals surface area contributed by atoms with E-state index in [9.17, 15) is 10.1 Å². The fourth-order valence-electron chi connectivity index (χ4n) is 2.22. The predicted octanol–water partition coefficient (Wildman–Crippen LogP) is 4.42. The van der Waals surface area contributed by atoms with Crippen LogP contribution in [-0.4, -0.2) is 17.9 Å². The van der Waals surface area contributed by atoms with Gasteiger partial charge in [-0.3, -0.25) is 0 Å². The maximum atomic E-state index is 12.2. The number of alkyl halides is 1. The molecule has 0 aliphatic heterocycles. The van der Waals surface area contributed by atoms with Gasteiger partial charge >= 0.3 is 5.97 Å². The summed E-state index contributed by atoms with van der Waals surface area (Å²) in [6, 6.07) is 12.2. The molecular formula is C18H22BrNO2. The summed E-state index contributed by atoms with van der Waals surface area (Å²) in [4.78, 5) is 12.2. The van der Waals surface area contributed by atoms with E-state index in [2.05, 4.69) is 34.1 Å². The lowest BCUT2D eigenvalue weighted by molar-refractivity contribution is -0.149. The fourth-order valence-corrected chi connectivity index (χ4v) is 2.48. The van der Waals surface area contributed by atoms with Crippen molar-refractivity contribution >= 4 is 21.9 Å². The van der Waals surface area contributed by atoms with Gasteiger partial charge in [0.05, 0.1) is 12.7 Å². The van der Waals surface area contributed by atoms with Gasteiger partial charge in [-0.25, -0.2) is 4.79 Å². The number of ether oxygens (including phenoxy) is 1. The van der Waals surface area contributed by atoms with E-state index in [-0.39, 0.29) is 6.61 Å². The Kier molecular flexibility index (Phi) is 8.54. The Balaban J connectivity index is 2.76. The van der Waals surface area contributed by atoms with Crippen molar-refractivity contribution in [3.05, 3.63) is 48.0 Å². The molecule has 1 aromatic carbocycles. The zero-order valence-corrected chi connectivity index (χ0v) is 14.5. The van der Waals surface area contributed by atoms with E-state index in [1.807, 2.05) is 24.3 Å². The van der Waals surface area contributed by atoms with Crippen molar-refractivity contribution < 1.29 is 9.53 Å². The SMILES string of the molecule is CCOC(=O)[C@](C#N)(/C=C/CCBr)CCCc1ccccc1. The molecule has 3 nitrogen and oxygen atoms in total. The number of esters is 1. The Bertz CT molecular complexity index is 522. The van der Waals surface area contributed by atoms with Crippen molar-refractivity contribution in [3.8, 4) is 6.07 Å². The van der Waals surface area contributed by atoms with Crippen molar-refractivity contribution in [2.75, 3.05) is 11.9 Å². The van der Waals surface area contributed by atoms with Crippen LogP contribution >= 0.6 is 15.9 Å². The van der Waals surface area contributed by atoms with E-state index >= 15 is 0 Å². The molecule has 0 unspecified atom stereocenters. The average Bonchev–Trinajstić information content (AvgIpc) is 2.55. The third-order valence-electron chi connectivity index (χ3n) is 3.40. The number of carbonyl (C=O) groups is 1. The number of hydrogen-bond donors (Lipinski definition) is 0. The highest BCUT2D eigenvalue weighted by Gasteiger charge is 2.37. The second-order valence-corrected chi connectivity index (χ2v) is 5.82. The number of aryl methyl sites for hydroxylation is 1. The second kappa shape index (κ2) is 10.2. The van der Waals surface area contributed by atoms with Gasteiger partial charge in [-0.2, -0.15) is 5.26 Å². The van der Waals surface area contributed by atoms with Crippen LogP contribution in [0.1, 0.15) is 31.7 Å². The molecule has 22 heavy (non-hydrogen) atoms. The number of allylic oxidation sites excluding steroid dienone is 1. The molecule has 0 heterocycles. The van der Waals surface area contributed by atoms with Crippen LogP contribution in [0.25, 0.3) is 0 Å². The van der Waals surface area contributed by atoms with Gasteiger partial charge in [0.15, 0.2) is 5.41 Å². The Morgan fingerprint density at radius 1 is 1.41 bits per heavy atom. The lowest BCUT2D eigenvalue weighted by Gasteiger charge is -2.20. The van der Waals surface area contributed by atoms with E-state index in [0.29, 0.717) is 6.42 Å². The van der Waals surface area contributed by atoms with Crippen molar-refractivity contribution in [2.24, 2.45) is 5.41 Å². The third kappa shape index (κ3) is 5.65. The first-order valence-corrected chi connectivity index (χ1v) is 8.66. The van der Waals surface area contributed by atoms with E-state index < -0.39 is 11.4 Å². The van der Waals surface area contributed by atoms with Crippen LogP contribution in [0.15, 0.2) is 42.5 Å². The molecule has 0 radical (unpaired) electrons. The van der Waals surface area contributed by atoms with Crippen LogP contribution in [0, 0.1) is 16.7 Å². The summed E-state index contributed by atoms with van der Waals surface area (Å²) >= 11 is 3.34. The van der Waals surface area contributed by atoms with Crippen LogP contribution in [0.2, 0.25) is 0 Å². The van der Waals surface area contributed by atoms with Crippen LogP contribution in [0.3, 0.4) is 0 Å². The van der Waals surface area contributed by atoms with E-state index in [4.69, 9.17) is 4.74 Å². The van der Waals surface area contributed by atoms with Gasteiger partial charge in [0.2, 0.25) is 0 Å². The van der Waals surface area contributed by atoms with Crippen molar-refractivity contribution in [3.63, 3.8) is 0 Å². The first-order chi connectivity index (χ1) is 10.7. The van der Waals surface area contributed by atoms with Gasteiger partial charge < -0.3 is 4.74 Å². The molecular weight excluding hydrogens is 342 g/mol. The normalized spacial score (nSPS) is 13.5. The fraction of sp³-hybridized carbons (Fsp3) is 0.444. The lowest BCUT2D eigenvalue weighted by Crippen LogP contribution is -2.30. The number of benzene rings is 1. The van der Waals surface area contributed by atoms with Crippen LogP contribution in [-0.2, 0) is 16.0 Å². The molecule has 1 rings (SSSR count). The molecule has 0 saturated heterocycles. The second-order valence-electron chi connectivity index (χ2n) is 5.02. The highest BCUT2D eigenvalue weighted by molar-refractivity contribution is 9.09. The van der Waals surface area contributed by atoms with Gasteiger partial charge in [-0.05, 0) is 38.2 Å². The highest BCUT2D eigenvalue weighted by Crippen LogP contribution is 2.28. The van der Waals surface area contributed by atoms with Gasteiger partial charge in [0.1, 0.15) is 0 Å². The smallest absolute Gasteiger partial charge is 0.330 e. The first kappa shape index (κ1) is 18.4. The van der Waals surface area contributed by atoms with E-state index in [0.717, 1.165) is 24.6 Å². The average molecular weight is 364 g/mol. The summed E-state index contributed by atoms with van der Waals surface area (Å²) in [6.45, 7) is 2.04. The molecule has 1 aromatic rings. The Morgan fingerprint density at radius 3 is 2.73 bits per heavy atom. The highest BCUT2D eigenvalue weighted by atomic mass is 79.9. The van der Waals surface area contributed by atoms with E-state index in [1.54, 1.807) is 13.0 Å². The van der Waals surface area contributed by atoms with Gasteiger partial charge in [0, 0.05) is 5.33 Å². The minimum atomic E-state index is -1.17. The largest absolute Gasteiger partial charge is 0.465 e. The summed E-state index contributed by atoms with van der Waals surface area (Å²) in [5.74, 6) is -0.448. The molecule has 0 saturated carbocycles. The van der Waals surface area contributed by atoms with Crippen LogP contribution in [0.4, 0.5) is 0 Å². The zero-order valence-electron chi connectivity index (χ0n) is 12.9.